The van der Waals surface area contributed by atoms with Crippen LogP contribution in [0, 0.1) is 11.6 Å². The van der Waals surface area contributed by atoms with E-state index in [-0.39, 0.29) is 22.6 Å². The van der Waals surface area contributed by atoms with E-state index in [0.717, 1.165) is 6.07 Å². The molecule has 5 nitrogen and oxygen atoms in total. The highest BCUT2D eigenvalue weighted by Gasteiger charge is 2.10. The Morgan fingerprint density at radius 3 is 2.71 bits per heavy atom. The van der Waals surface area contributed by atoms with Gasteiger partial charge in [0.05, 0.1) is 10.2 Å². The number of hydrogen-bond acceptors (Lipinski definition) is 5. The van der Waals surface area contributed by atoms with Gasteiger partial charge in [-0.2, -0.15) is 0 Å². The number of ether oxygens (including phenoxy) is 1. The van der Waals surface area contributed by atoms with E-state index >= 15 is 0 Å². The summed E-state index contributed by atoms with van der Waals surface area (Å²) in [4.78, 5) is 8.16. The molecule has 0 spiro atoms. The Labute approximate surface area is 128 Å². The van der Waals surface area contributed by atoms with Crippen molar-refractivity contribution in [3.05, 3.63) is 40.1 Å². The summed E-state index contributed by atoms with van der Waals surface area (Å²) in [6, 6.07) is 3.51. The second-order valence-corrected chi connectivity index (χ2v) is 4.96. The van der Waals surface area contributed by atoms with E-state index in [1.54, 1.807) is 0 Å². The molecule has 1 aromatic heterocycles. The fourth-order valence-electron chi connectivity index (χ4n) is 1.60. The maximum Gasteiger partial charge on any atom is 0.158 e. The summed E-state index contributed by atoms with van der Waals surface area (Å²) in [6.07, 6.45) is 0. The Morgan fingerprint density at radius 2 is 2.00 bits per heavy atom. The van der Waals surface area contributed by atoms with Crippen molar-refractivity contribution in [3.63, 3.8) is 0 Å². The lowest BCUT2D eigenvalue weighted by Crippen LogP contribution is -2.06. The molecule has 3 N–H and O–H groups in total. The summed E-state index contributed by atoms with van der Waals surface area (Å²) < 4.78 is 32.2. The van der Waals surface area contributed by atoms with E-state index in [2.05, 4.69) is 31.2 Å². The van der Waals surface area contributed by atoms with E-state index < -0.39 is 11.6 Å². The Balaban J connectivity index is 2.27. The quantitative estimate of drug-likeness (QED) is 0.801. The summed E-state index contributed by atoms with van der Waals surface area (Å²) in [7, 11) is 0. The van der Waals surface area contributed by atoms with E-state index in [4.69, 9.17) is 10.5 Å². The van der Waals surface area contributed by atoms with Crippen LogP contribution >= 0.6 is 15.9 Å². The lowest BCUT2D eigenvalue weighted by atomic mass is 10.3. The van der Waals surface area contributed by atoms with Gasteiger partial charge in [-0.3, -0.25) is 0 Å². The van der Waals surface area contributed by atoms with Gasteiger partial charge in [0.2, 0.25) is 0 Å². The SMILES string of the molecule is CCOCc1nc(N)cc(Nc2cc(Br)c(F)cc2F)n1. The molecular weight excluding hydrogens is 346 g/mol. The van der Waals surface area contributed by atoms with Gasteiger partial charge in [0, 0.05) is 18.7 Å². The van der Waals surface area contributed by atoms with E-state index in [1.165, 1.54) is 12.1 Å². The molecule has 0 saturated carbocycles. The van der Waals surface area contributed by atoms with Crippen LogP contribution in [-0.4, -0.2) is 16.6 Å². The summed E-state index contributed by atoms with van der Waals surface area (Å²) in [6.45, 7) is 2.56. The molecule has 21 heavy (non-hydrogen) atoms. The van der Waals surface area contributed by atoms with Gasteiger partial charge in [-0.1, -0.05) is 0 Å². The molecule has 0 saturated heterocycles. The number of nitrogens with one attached hydrogen (secondary N) is 1. The predicted octanol–water partition coefficient (Wildman–Crippen LogP) is 3.38. The van der Waals surface area contributed by atoms with Gasteiger partial charge < -0.3 is 15.8 Å². The highest BCUT2D eigenvalue weighted by molar-refractivity contribution is 9.10. The summed E-state index contributed by atoms with van der Waals surface area (Å²) in [5.41, 5.74) is 5.74. The zero-order valence-electron chi connectivity index (χ0n) is 11.2. The van der Waals surface area contributed by atoms with Crippen LogP contribution in [0.2, 0.25) is 0 Å². The number of nitrogens with zero attached hydrogens (tertiary/aromatic N) is 2. The van der Waals surface area contributed by atoms with Crippen LogP contribution in [0.3, 0.4) is 0 Å². The minimum Gasteiger partial charge on any atom is -0.384 e. The molecular formula is C13H13BrF2N4O. The van der Waals surface area contributed by atoms with Gasteiger partial charge in [0.25, 0.3) is 0 Å². The number of benzene rings is 1. The van der Waals surface area contributed by atoms with E-state index in [9.17, 15) is 8.78 Å². The first-order valence-corrected chi connectivity index (χ1v) is 6.91. The highest BCUT2D eigenvalue weighted by atomic mass is 79.9. The third-order valence-electron chi connectivity index (χ3n) is 2.50. The van der Waals surface area contributed by atoms with Crippen LogP contribution in [0.5, 0.6) is 0 Å². The standard InChI is InChI=1S/C13H13BrF2N4O/c1-2-21-6-13-19-11(17)5-12(20-13)18-10-3-7(14)8(15)4-9(10)16/h3-5H,2,6H2,1H3,(H3,17,18,19,20). The summed E-state index contributed by atoms with van der Waals surface area (Å²) in [5, 5.41) is 2.74. The minimum atomic E-state index is -0.737. The first-order valence-electron chi connectivity index (χ1n) is 6.12. The average Bonchev–Trinajstić information content (AvgIpc) is 2.42. The van der Waals surface area contributed by atoms with Gasteiger partial charge in [-0.15, -0.1) is 0 Å². The summed E-state index contributed by atoms with van der Waals surface area (Å²) >= 11 is 3.00. The van der Waals surface area contributed by atoms with E-state index in [0.29, 0.717) is 18.2 Å². The van der Waals surface area contributed by atoms with Crippen molar-refractivity contribution in [3.8, 4) is 0 Å². The fourth-order valence-corrected chi connectivity index (χ4v) is 1.94. The first kappa shape index (κ1) is 15.6. The van der Waals surface area contributed by atoms with Crippen molar-refractivity contribution in [1.82, 2.24) is 9.97 Å². The maximum atomic E-state index is 13.7. The first-order chi connectivity index (χ1) is 9.99. The average molecular weight is 359 g/mol. The van der Waals surface area contributed by atoms with Crippen LogP contribution in [0.1, 0.15) is 12.7 Å². The smallest absolute Gasteiger partial charge is 0.158 e. The van der Waals surface area contributed by atoms with Crippen molar-refractivity contribution in [1.29, 1.82) is 0 Å². The number of rotatable bonds is 5. The molecule has 2 aromatic rings. The lowest BCUT2D eigenvalue weighted by molar-refractivity contribution is 0.128. The minimum absolute atomic E-state index is 0.0729. The molecule has 0 bridgehead atoms. The van der Waals surface area contributed by atoms with Crippen molar-refractivity contribution >= 4 is 33.3 Å². The van der Waals surface area contributed by atoms with Crippen molar-refractivity contribution in [2.24, 2.45) is 0 Å². The highest BCUT2D eigenvalue weighted by Crippen LogP contribution is 2.26. The zero-order valence-corrected chi connectivity index (χ0v) is 12.7. The van der Waals surface area contributed by atoms with E-state index in [1.807, 2.05) is 6.92 Å². The Hall–Kier alpha value is -1.80. The van der Waals surface area contributed by atoms with Crippen LogP contribution in [0.25, 0.3) is 0 Å². The number of aromatic nitrogens is 2. The third-order valence-corrected chi connectivity index (χ3v) is 3.11. The normalized spacial score (nSPS) is 10.7. The predicted molar refractivity (Wildman–Crippen MR) is 79.1 cm³/mol. The monoisotopic (exact) mass is 358 g/mol. The van der Waals surface area contributed by atoms with Crippen molar-refractivity contribution < 1.29 is 13.5 Å². The molecule has 0 fully saturated rings. The van der Waals surface area contributed by atoms with Crippen LogP contribution in [0.4, 0.5) is 26.1 Å². The number of nitrogens with two attached hydrogens (primary N) is 1. The second-order valence-electron chi connectivity index (χ2n) is 4.10. The Morgan fingerprint density at radius 1 is 1.24 bits per heavy atom. The Kier molecular flexibility index (Phi) is 5.03. The Bertz CT molecular complexity index is 654. The molecule has 1 aromatic carbocycles. The molecule has 0 atom stereocenters. The number of halogens is 3. The van der Waals surface area contributed by atoms with Gasteiger partial charge in [-0.25, -0.2) is 18.7 Å². The second kappa shape index (κ2) is 6.77. The fraction of sp³-hybridized carbons (Fsp3) is 0.231. The van der Waals surface area contributed by atoms with Gasteiger partial charge in [0.15, 0.2) is 5.82 Å². The number of anilines is 3. The molecule has 8 heteroatoms. The van der Waals surface area contributed by atoms with Crippen LogP contribution in [-0.2, 0) is 11.3 Å². The molecule has 0 aliphatic heterocycles. The number of nitrogen functional groups attached to an aromatic ring is 1. The van der Waals surface area contributed by atoms with Crippen LogP contribution < -0.4 is 11.1 Å². The molecule has 0 radical (unpaired) electrons. The zero-order chi connectivity index (χ0) is 15.4. The van der Waals surface area contributed by atoms with Crippen LogP contribution in [0.15, 0.2) is 22.7 Å². The largest absolute Gasteiger partial charge is 0.384 e. The molecule has 0 amide bonds. The molecule has 0 aliphatic carbocycles. The topological polar surface area (TPSA) is 73.1 Å². The molecule has 112 valence electrons. The van der Waals surface area contributed by atoms with Gasteiger partial charge in [-0.05, 0) is 28.9 Å². The third kappa shape index (κ3) is 4.08. The van der Waals surface area contributed by atoms with Crippen molar-refractivity contribution in [2.75, 3.05) is 17.7 Å². The molecule has 0 aliphatic rings. The van der Waals surface area contributed by atoms with Gasteiger partial charge >= 0.3 is 0 Å². The summed E-state index contributed by atoms with van der Waals surface area (Å²) in [5.74, 6) is -0.518. The lowest BCUT2D eigenvalue weighted by Gasteiger charge is -2.10. The molecule has 1 heterocycles. The number of hydrogen-bond donors (Lipinski definition) is 2. The van der Waals surface area contributed by atoms with Crippen molar-refractivity contribution in [2.45, 2.75) is 13.5 Å². The maximum absolute atomic E-state index is 13.7. The van der Waals surface area contributed by atoms with Gasteiger partial charge in [0.1, 0.15) is 29.9 Å². The molecule has 0 unspecified atom stereocenters. The molecule has 2 rings (SSSR count).